The van der Waals surface area contributed by atoms with Crippen molar-refractivity contribution in [2.24, 2.45) is 0 Å². The number of methoxy groups -OCH3 is 1. The van der Waals surface area contributed by atoms with Crippen molar-refractivity contribution < 1.29 is 17.9 Å². The minimum atomic E-state index is -4.67. The van der Waals surface area contributed by atoms with Crippen LogP contribution in [0.25, 0.3) is 0 Å². The fourth-order valence-electron chi connectivity index (χ4n) is 1.67. The minimum Gasteiger partial charge on any atom is -0.495 e. The van der Waals surface area contributed by atoms with E-state index in [-0.39, 0.29) is 11.0 Å². The zero-order chi connectivity index (χ0) is 15.6. The van der Waals surface area contributed by atoms with Crippen LogP contribution in [0.15, 0.2) is 24.3 Å². The first-order valence-corrected chi connectivity index (χ1v) is 6.21. The predicted octanol–water partition coefficient (Wildman–Crippen LogP) is 4.21. The third-order valence-electron chi connectivity index (χ3n) is 2.57. The Morgan fingerprint density at radius 2 is 1.90 bits per heavy atom. The third kappa shape index (κ3) is 3.75. The fourth-order valence-corrected chi connectivity index (χ4v) is 1.85. The van der Waals surface area contributed by atoms with E-state index in [1.165, 1.54) is 13.2 Å². The normalized spacial score (nSPS) is 11.3. The van der Waals surface area contributed by atoms with Gasteiger partial charge in [0.15, 0.2) is 0 Å². The van der Waals surface area contributed by atoms with Crippen LogP contribution >= 0.6 is 11.6 Å². The van der Waals surface area contributed by atoms with Gasteiger partial charge >= 0.3 is 6.18 Å². The van der Waals surface area contributed by atoms with E-state index in [9.17, 15) is 13.2 Å². The largest absolute Gasteiger partial charge is 0.495 e. The molecule has 1 heterocycles. The van der Waals surface area contributed by atoms with Crippen LogP contribution in [0.3, 0.4) is 0 Å². The van der Waals surface area contributed by atoms with E-state index in [1.54, 1.807) is 12.1 Å². The summed E-state index contributed by atoms with van der Waals surface area (Å²) < 4.78 is 43.1. The second kappa shape index (κ2) is 5.77. The lowest BCUT2D eigenvalue weighted by Gasteiger charge is -2.13. The minimum absolute atomic E-state index is 0.0637. The van der Waals surface area contributed by atoms with Crippen LogP contribution in [-0.2, 0) is 6.18 Å². The summed E-state index contributed by atoms with van der Waals surface area (Å²) in [7, 11) is 1.46. The molecule has 1 aromatic carbocycles. The number of anilines is 2. The van der Waals surface area contributed by atoms with Gasteiger partial charge in [-0.05, 0) is 24.6 Å². The van der Waals surface area contributed by atoms with Gasteiger partial charge in [0.25, 0.3) is 0 Å². The summed E-state index contributed by atoms with van der Waals surface area (Å²) in [6, 6.07) is 6.45. The van der Waals surface area contributed by atoms with Crippen molar-refractivity contribution in [1.82, 2.24) is 9.97 Å². The second-order valence-corrected chi connectivity index (χ2v) is 4.61. The molecule has 4 nitrogen and oxygen atoms in total. The quantitative estimate of drug-likeness (QED) is 0.861. The van der Waals surface area contributed by atoms with Gasteiger partial charge in [-0.3, -0.25) is 0 Å². The Labute approximate surface area is 123 Å². The van der Waals surface area contributed by atoms with E-state index < -0.39 is 12.0 Å². The van der Waals surface area contributed by atoms with Crippen molar-refractivity contribution in [3.05, 3.63) is 40.8 Å². The third-order valence-corrected chi connectivity index (χ3v) is 2.76. The van der Waals surface area contributed by atoms with Gasteiger partial charge in [-0.15, -0.1) is 0 Å². The second-order valence-electron chi connectivity index (χ2n) is 4.23. The number of hydrogen-bond acceptors (Lipinski definition) is 4. The summed E-state index contributed by atoms with van der Waals surface area (Å²) >= 11 is 5.60. The van der Waals surface area contributed by atoms with E-state index in [0.717, 1.165) is 5.56 Å². The van der Waals surface area contributed by atoms with Crippen LogP contribution in [0.1, 0.15) is 11.4 Å². The van der Waals surface area contributed by atoms with Gasteiger partial charge in [-0.25, -0.2) is 9.97 Å². The van der Waals surface area contributed by atoms with Crippen molar-refractivity contribution in [3.8, 4) is 5.75 Å². The summed E-state index contributed by atoms with van der Waals surface area (Å²) in [6.45, 7) is 1.85. The molecule has 0 aliphatic carbocycles. The number of hydrogen-bond donors (Lipinski definition) is 1. The molecule has 1 aromatic heterocycles. The molecule has 2 aromatic rings. The number of ether oxygens (including phenoxy) is 1. The molecule has 0 saturated carbocycles. The highest BCUT2D eigenvalue weighted by atomic mass is 35.5. The Hall–Kier alpha value is -2.02. The Morgan fingerprint density at radius 3 is 2.52 bits per heavy atom. The fraction of sp³-hybridized carbons (Fsp3) is 0.231. The lowest BCUT2D eigenvalue weighted by Crippen LogP contribution is -2.12. The number of nitrogens with zero attached hydrogens (tertiary/aromatic N) is 2. The van der Waals surface area contributed by atoms with E-state index >= 15 is 0 Å². The van der Waals surface area contributed by atoms with Gasteiger partial charge < -0.3 is 10.1 Å². The summed E-state index contributed by atoms with van der Waals surface area (Å²) in [5, 5.41) is 2.46. The molecule has 0 bridgehead atoms. The molecule has 0 atom stereocenters. The molecule has 2 rings (SSSR count). The van der Waals surface area contributed by atoms with E-state index in [4.69, 9.17) is 16.3 Å². The summed E-state index contributed by atoms with van der Waals surface area (Å²) in [5.41, 5.74) is 1.40. The average molecular weight is 318 g/mol. The Balaban J connectivity index is 2.40. The summed E-state index contributed by atoms with van der Waals surface area (Å²) in [4.78, 5) is 6.58. The molecular formula is C13H11ClF3N3O. The highest BCUT2D eigenvalue weighted by Crippen LogP contribution is 2.31. The summed E-state index contributed by atoms with van der Waals surface area (Å²) in [5.74, 6) is -0.890. The SMILES string of the molecule is COc1ccc(C)cc1Nc1cc(Cl)nc(C(F)(F)F)n1. The first-order chi connectivity index (χ1) is 9.79. The van der Waals surface area contributed by atoms with Crippen molar-refractivity contribution in [2.75, 3.05) is 12.4 Å². The molecule has 0 aliphatic heterocycles. The standard InChI is InChI=1S/C13H11ClF3N3O/c1-7-3-4-9(21-2)8(5-7)18-11-6-10(14)19-12(20-11)13(15,16)17/h3-6H,1-2H3,(H,18,19,20). The van der Waals surface area contributed by atoms with Gasteiger partial charge in [-0.1, -0.05) is 17.7 Å². The van der Waals surface area contributed by atoms with Crippen molar-refractivity contribution in [2.45, 2.75) is 13.1 Å². The van der Waals surface area contributed by atoms with Crippen molar-refractivity contribution in [3.63, 3.8) is 0 Å². The first kappa shape index (κ1) is 15.4. The van der Waals surface area contributed by atoms with Gasteiger partial charge in [0, 0.05) is 6.07 Å². The van der Waals surface area contributed by atoms with Crippen LogP contribution < -0.4 is 10.1 Å². The molecule has 112 valence electrons. The smallest absolute Gasteiger partial charge is 0.451 e. The number of benzene rings is 1. The number of aryl methyl sites for hydroxylation is 1. The topological polar surface area (TPSA) is 47.0 Å². The van der Waals surface area contributed by atoms with Crippen LogP contribution in [0, 0.1) is 6.92 Å². The maximum absolute atomic E-state index is 12.7. The lowest BCUT2D eigenvalue weighted by atomic mass is 10.2. The number of halogens is 4. The molecule has 8 heteroatoms. The maximum Gasteiger partial charge on any atom is 0.451 e. The van der Waals surface area contributed by atoms with Gasteiger partial charge in [0.2, 0.25) is 5.82 Å². The molecule has 0 radical (unpaired) electrons. The number of aromatic nitrogens is 2. The van der Waals surface area contributed by atoms with Crippen molar-refractivity contribution >= 4 is 23.1 Å². The highest BCUT2D eigenvalue weighted by Gasteiger charge is 2.35. The predicted molar refractivity (Wildman–Crippen MR) is 73.1 cm³/mol. The molecule has 0 aliphatic rings. The highest BCUT2D eigenvalue weighted by molar-refractivity contribution is 6.29. The zero-order valence-corrected chi connectivity index (χ0v) is 11.9. The number of nitrogens with one attached hydrogen (secondary N) is 1. The van der Waals surface area contributed by atoms with Gasteiger partial charge in [0.05, 0.1) is 12.8 Å². The van der Waals surface area contributed by atoms with Crippen LogP contribution in [-0.4, -0.2) is 17.1 Å². The molecule has 0 amide bonds. The number of rotatable bonds is 3. The van der Waals surface area contributed by atoms with E-state index in [0.29, 0.717) is 11.4 Å². The monoisotopic (exact) mass is 317 g/mol. The Morgan fingerprint density at radius 1 is 1.19 bits per heavy atom. The van der Waals surface area contributed by atoms with Crippen LogP contribution in [0.2, 0.25) is 5.15 Å². The maximum atomic E-state index is 12.7. The van der Waals surface area contributed by atoms with Crippen molar-refractivity contribution in [1.29, 1.82) is 0 Å². The van der Waals surface area contributed by atoms with Crippen LogP contribution in [0.5, 0.6) is 5.75 Å². The van der Waals surface area contributed by atoms with Gasteiger partial charge in [-0.2, -0.15) is 13.2 Å². The molecule has 1 N–H and O–H groups in total. The zero-order valence-electron chi connectivity index (χ0n) is 11.1. The lowest BCUT2D eigenvalue weighted by molar-refractivity contribution is -0.144. The molecule has 0 saturated heterocycles. The molecule has 0 unspecified atom stereocenters. The summed E-state index contributed by atoms with van der Waals surface area (Å²) in [6.07, 6.45) is -4.67. The van der Waals surface area contributed by atoms with E-state index in [2.05, 4.69) is 15.3 Å². The average Bonchev–Trinajstić information content (AvgIpc) is 2.37. The molecule has 0 spiro atoms. The first-order valence-electron chi connectivity index (χ1n) is 5.83. The Kier molecular flexibility index (Phi) is 4.22. The molecular weight excluding hydrogens is 307 g/mol. The molecule has 21 heavy (non-hydrogen) atoms. The van der Waals surface area contributed by atoms with E-state index in [1.807, 2.05) is 13.0 Å². The number of alkyl halides is 3. The van der Waals surface area contributed by atoms with Crippen LogP contribution in [0.4, 0.5) is 24.7 Å². The van der Waals surface area contributed by atoms with Gasteiger partial charge in [0.1, 0.15) is 16.7 Å². The Bertz CT molecular complexity index is 662. The molecule has 0 fully saturated rings.